The predicted octanol–water partition coefficient (Wildman–Crippen LogP) is 0.715. The van der Waals surface area contributed by atoms with Gasteiger partial charge in [0.2, 0.25) is 0 Å². The summed E-state index contributed by atoms with van der Waals surface area (Å²) in [5.41, 5.74) is 7.61. The number of benzene rings is 1. The van der Waals surface area contributed by atoms with Gasteiger partial charge < -0.3 is 16.4 Å². The number of amides is 1. The molecular formula is C15H20N6O. The van der Waals surface area contributed by atoms with Gasteiger partial charge in [-0.1, -0.05) is 18.2 Å². The lowest BCUT2D eigenvalue weighted by molar-refractivity contribution is 0.0953. The summed E-state index contributed by atoms with van der Waals surface area (Å²) in [6.45, 7) is 6.69. The van der Waals surface area contributed by atoms with Gasteiger partial charge >= 0.3 is 0 Å². The molecule has 0 aliphatic rings. The molecule has 0 bridgehead atoms. The summed E-state index contributed by atoms with van der Waals surface area (Å²) in [5.74, 6) is 0.277. The molecule has 0 saturated carbocycles. The minimum absolute atomic E-state index is 0.150. The summed E-state index contributed by atoms with van der Waals surface area (Å²) in [6, 6.07) is 5.59. The number of hydrogen-bond donors (Lipinski definition) is 3. The van der Waals surface area contributed by atoms with Crippen molar-refractivity contribution in [1.82, 2.24) is 25.6 Å². The molecule has 2 rings (SSSR count). The molecule has 7 nitrogen and oxygen atoms in total. The first kappa shape index (κ1) is 15.6. The lowest BCUT2D eigenvalue weighted by Crippen LogP contribution is -2.29. The molecule has 4 N–H and O–H groups in total. The number of nitrogens with zero attached hydrogens (tertiary/aromatic N) is 3. The van der Waals surface area contributed by atoms with E-state index >= 15 is 0 Å². The van der Waals surface area contributed by atoms with E-state index in [9.17, 15) is 4.79 Å². The van der Waals surface area contributed by atoms with Gasteiger partial charge in [0.05, 0.1) is 29.5 Å². The Kier molecular flexibility index (Phi) is 5.13. The second-order valence-corrected chi connectivity index (χ2v) is 4.90. The van der Waals surface area contributed by atoms with E-state index in [0.717, 1.165) is 12.0 Å². The van der Waals surface area contributed by atoms with E-state index in [4.69, 9.17) is 5.73 Å². The van der Waals surface area contributed by atoms with Gasteiger partial charge in [0.25, 0.3) is 5.91 Å². The fourth-order valence-corrected chi connectivity index (χ4v) is 1.98. The molecule has 7 heteroatoms. The van der Waals surface area contributed by atoms with E-state index in [-0.39, 0.29) is 5.91 Å². The van der Waals surface area contributed by atoms with Crippen LogP contribution in [0, 0.1) is 6.92 Å². The first-order valence-corrected chi connectivity index (χ1v) is 7.01. The summed E-state index contributed by atoms with van der Waals surface area (Å²) < 4.78 is 0. The number of nitrogens with one attached hydrogen (secondary N) is 2. The Balaban J connectivity index is 2.03. The number of nitrogens with two attached hydrogens (primary N) is 1. The minimum atomic E-state index is -0.150. The van der Waals surface area contributed by atoms with Crippen LogP contribution in [-0.4, -0.2) is 34.0 Å². The monoisotopic (exact) mass is 300 g/mol. The molecule has 2 aromatic rings. The highest BCUT2D eigenvalue weighted by Gasteiger charge is 2.13. The standard InChI is InChI=1S/C15H20N6O/c1-11-4-5-14(21-19-8-9-20-21)13(10-11)15(22)18-7-3-6-17-12(2)16/h4-5,8-10,17H,2-3,6-7,16H2,1H3,(H,18,22). The molecule has 1 amide bonds. The largest absolute Gasteiger partial charge is 0.386 e. The van der Waals surface area contributed by atoms with Crippen molar-refractivity contribution in [3.63, 3.8) is 0 Å². The molecule has 0 spiro atoms. The molecule has 0 atom stereocenters. The first-order chi connectivity index (χ1) is 10.6. The average molecular weight is 300 g/mol. The minimum Gasteiger partial charge on any atom is -0.386 e. The number of aryl methyl sites for hydroxylation is 1. The second-order valence-electron chi connectivity index (χ2n) is 4.90. The summed E-state index contributed by atoms with van der Waals surface area (Å²) in [6.07, 6.45) is 3.91. The lowest BCUT2D eigenvalue weighted by Gasteiger charge is -2.11. The third-order valence-corrected chi connectivity index (χ3v) is 3.02. The van der Waals surface area contributed by atoms with E-state index in [0.29, 0.717) is 30.2 Å². The Bertz CT molecular complexity index is 650. The molecule has 22 heavy (non-hydrogen) atoms. The van der Waals surface area contributed by atoms with Gasteiger partial charge in [-0.2, -0.15) is 15.0 Å². The Labute approximate surface area is 129 Å². The topological polar surface area (TPSA) is 97.9 Å². The summed E-state index contributed by atoms with van der Waals surface area (Å²) >= 11 is 0. The number of hydrogen-bond acceptors (Lipinski definition) is 5. The highest BCUT2D eigenvalue weighted by Crippen LogP contribution is 2.14. The van der Waals surface area contributed by atoms with Gasteiger partial charge in [0.1, 0.15) is 0 Å². The zero-order valence-corrected chi connectivity index (χ0v) is 12.5. The van der Waals surface area contributed by atoms with E-state index in [2.05, 4.69) is 27.4 Å². The molecule has 0 aliphatic heterocycles. The highest BCUT2D eigenvalue weighted by molar-refractivity contribution is 5.97. The highest BCUT2D eigenvalue weighted by atomic mass is 16.1. The smallest absolute Gasteiger partial charge is 0.253 e. The first-order valence-electron chi connectivity index (χ1n) is 7.01. The van der Waals surface area contributed by atoms with Crippen molar-refractivity contribution in [3.8, 4) is 5.69 Å². The Morgan fingerprint density at radius 2 is 1.95 bits per heavy atom. The third kappa shape index (κ3) is 4.08. The molecule has 0 saturated heterocycles. The maximum atomic E-state index is 12.4. The van der Waals surface area contributed by atoms with Crippen molar-refractivity contribution >= 4 is 5.91 Å². The molecular weight excluding hydrogens is 280 g/mol. The van der Waals surface area contributed by atoms with Crippen molar-refractivity contribution in [3.05, 3.63) is 54.1 Å². The third-order valence-electron chi connectivity index (χ3n) is 3.02. The van der Waals surface area contributed by atoms with Gasteiger partial charge in [-0.3, -0.25) is 4.79 Å². The predicted molar refractivity (Wildman–Crippen MR) is 84.4 cm³/mol. The maximum Gasteiger partial charge on any atom is 0.253 e. The van der Waals surface area contributed by atoms with Crippen LogP contribution in [0.5, 0.6) is 0 Å². The van der Waals surface area contributed by atoms with E-state index in [1.54, 1.807) is 12.4 Å². The lowest BCUT2D eigenvalue weighted by atomic mass is 10.1. The van der Waals surface area contributed by atoms with Gasteiger partial charge in [-0.05, 0) is 25.5 Å². The number of rotatable bonds is 7. The molecule has 0 fully saturated rings. The van der Waals surface area contributed by atoms with Crippen LogP contribution in [0.25, 0.3) is 5.69 Å². The van der Waals surface area contributed by atoms with Crippen LogP contribution in [0.4, 0.5) is 0 Å². The van der Waals surface area contributed by atoms with Crippen molar-refractivity contribution in [2.24, 2.45) is 5.73 Å². The number of aromatic nitrogens is 3. The normalized spacial score (nSPS) is 10.2. The van der Waals surface area contributed by atoms with Gasteiger partial charge in [0, 0.05) is 13.1 Å². The number of carbonyl (C=O) groups excluding carboxylic acids is 1. The van der Waals surface area contributed by atoms with Crippen LogP contribution in [0.2, 0.25) is 0 Å². The van der Waals surface area contributed by atoms with Crippen LogP contribution in [0.3, 0.4) is 0 Å². The molecule has 1 heterocycles. The average Bonchev–Trinajstić information content (AvgIpc) is 3.00. The van der Waals surface area contributed by atoms with Crippen LogP contribution >= 0.6 is 0 Å². The van der Waals surface area contributed by atoms with Gasteiger partial charge in [-0.15, -0.1) is 0 Å². The van der Waals surface area contributed by atoms with Gasteiger partial charge in [0.15, 0.2) is 0 Å². The molecule has 1 aromatic heterocycles. The van der Waals surface area contributed by atoms with Crippen LogP contribution in [-0.2, 0) is 0 Å². The zero-order chi connectivity index (χ0) is 15.9. The molecule has 0 unspecified atom stereocenters. The van der Waals surface area contributed by atoms with E-state index in [1.807, 2.05) is 25.1 Å². The van der Waals surface area contributed by atoms with Crippen LogP contribution < -0.4 is 16.4 Å². The molecule has 0 radical (unpaired) electrons. The fraction of sp³-hybridized carbons (Fsp3) is 0.267. The van der Waals surface area contributed by atoms with Crippen molar-refractivity contribution in [2.45, 2.75) is 13.3 Å². The van der Waals surface area contributed by atoms with Gasteiger partial charge in [-0.25, -0.2) is 0 Å². The second kappa shape index (κ2) is 7.26. The van der Waals surface area contributed by atoms with Crippen LogP contribution in [0.15, 0.2) is 43.0 Å². The summed E-state index contributed by atoms with van der Waals surface area (Å²) in [5, 5.41) is 14.0. The molecule has 116 valence electrons. The molecule has 0 aliphatic carbocycles. The quantitative estimate of drug-likeness (QED) is 0.654. The zero-order valence-electron chi connectivity index (χ0n) is 12.5. The van der Waals surface area contributed by atoms with Crippen molar-refractivity contribution in [1.29, 1.82) is 0 Å². The van der Waals surface area contributed by atoms with E-state index in [1.165, 1.54) is 4.80 Å². The van der Waals surface area contributed by atoms with Crippen molar-refractivity contribution in [2.75, 3.05) is 13.1 Å². The SMILES string of the molecule is C=C(N)NCCCNC(=O)c1cc(C)ccc1-n1nccn1. The Morgan fingerprint density at radius 3 is 2.64 bits per heavy atom. The summed E-state index contributed by atoms with van der Waals surface area (Å²) in [7, 11) is 0. The molecule has 1 aromatic carbocycles. The Morgan fingerprint density at radius 1 is 1.27 bits per heavy atom. The number of carbonyl (C=O) groups is 1. The maximum absolute atomic E-state index is 12.4. The summed E-state index contributed by atoms with van der Waals surface area (Å²) in [4.78, 5) is 13.8. The van der Waals surface area contributed by atoms with Crippen LogP contribution in [0.1, 0.15) is 22.3 Å². The van der Waals surface area contributed by atoms with Crippen molar-refractivity contribution < 1.29 is 4.79 Å². The Hall–Kier alpha value is -2.83. The van der Waals surface area contributed by atoms with E-state index < -0.39 is 0 Å². The fourth-order valence-electron chi connectivity index (χ4n) is 1.98.